The lowest BCUT2D eigenvalue weighted by Gasteiger charge is -2.16. The molecule has 0 radical (unpaired) electrons. The Bertz CT molecular complexity index is 338. The molecular formula is C11H14F3NO. The maximum Gasteiger partial charge on any atom is 0.422 e. The standard InChI is InChI=1S/C11H14F3NO/c1-2-9(15)8-5-3-4-6-10(8)16-7-11(12,13)14/h3-6,9H,2,7,15H2,1H3/t9-/m1/s1. The second-order valence-corrected chi connectivity index (χ2v) is 3.46. The van der Waals surface area contributed by atoms with E-state index in [1.807, 2.05) is 6.92 Å². The highest BCUT2D eigenvalue weighted by Crippen LogP contribution is 2.27. The van der Waals surface area contributed by atoms with Gasteiger partial charge in [0.2, 0.25) is 0 Å². The van der Waals surface area contributed by atoms with Gasteiger partial charge >= 0.3 is 6.18 Å². The second kappa shape index (κ2) is 5.21. The number of halogens is 3. The summed E-state index contributed by atoms with van der Waals surface area (Å²) in [7, 11) is 0. The van der Waals surface area contributed by atoms with E-state index in [9.17, 15) is 13.2 Å². The van der Waals surface area contributed by atoms with Crippen LogP contribution in [0.4, 0.5) is 13.2 Å². The van der Waals surface area contributed by atoms with Crippen LogP contribution in [-0.2, 0) is 0 Å². The fraction of sp³-hybridized carbons (Fsp3) is 0.455. The Morgan fingerprint density at radius 3 is 2.50 bits per heavy atom. The number of para-hydroxylation sites is 1. The van der Waals surface area contributed by atoms with Gasteiger partial charge in [0.15, 0.2) is 6.61 Å². The number of rotatable bonds is 4. The quantitative estimate of drug-likeness (QED) is 0.867. The summed E-state index contributed by atoms with van der Waals surface area (Å²) >= 11 is 0. The summed E-state index contributed by atoms with van der Waals surface area (Å²) in [4.78, 5) is 0. The first kappa shape index (κ1) is 12.8. The molecule has 1 atom stereocenters. The highest BCUT2D eigenvalue weighted by molar-refractivity contribution is 5.35. The number of nitrogens with two attached hydrogens (primary N) is 1. The van der Waals surface area contributed by atoms with E-state index in [1.165, 1.54) is 6.07 Å². The predicted octanol–water partition coefficient (Wildman–Crippen LogP) is 3.04. The molecule has 0 aliphatic carbocycles. The van der Waals surface area contributed by atoms with Crippen molar-refractivity contribution in [1.82, 2.24) is 0 Å². The van der Waals surface area contributed by atoms with Gasteiger partial charge in [0.05, 0.1) is 0 Å². The Labute approximate surface area is 92.2 Å². The van der Waals surface area contributed by atoms with Crippen LogP contribution in [0.5, 0.6) is 5.75 Å². The van der Waals surface area contributed by atoms with E-state index in [1.54, 1.807) is 18.2 Å². The van der Waals surface area contributed by atoms with Gasteiger partial charge in [-0.15, -0.1) is 0 Å². The monoisotopic (exact) mass is 233 g/mol. The van der Waals surface area contributed by atoms with Crippen LogP contribution in [0.2, 0.25) is 0 Å². The van der Waals surface area contributed by atoms with E-state index in [2.05, 4.69) is 0 Å². The lowest BCUT2D eigenvalue weighted by atomic mass is 10.0. The second-order valence-electron chi connectivity index (χ2n) is 3.46. The van der Waals surface area contributed by atoms with Gasteiger partial charge in [-0.1, -0.05) is 25.1 Å². The van der Waals surface area contributed by atoms with Crippen molar-refractivity contribution >= 4 is 0 Å². The van der Waals surface area contributed by atoms with Crippen LogP contribution in [-0.4, -0.2) is 12.8 Å². The maximum atomic E-state index is 12.0. The highest BCUT2D eigenvalue weighted by Gasteiger charge is 2.29. The van der Waals surface area contributed by atoms with Crippen LogP contribution in [0.3, 0.4) is 0 Å². The molecule has 16 heavy (non-hydrogen) atoms. The summed E-state index contributed by atoms with van der Waals surface area (Å²) in [6.07, 6.45) is -3.68. The molecule has 0 saturated carbocycles. The molecule has 0 saturated heterocycles. The van der Waals surface area contributed by atoms with E-state index in [-0.39, 0.29) is 11.8 Å². The molecule has 0 aromatic heterocycles. The minimum absolute atomic E-state index is 0.203. The Balaban J connectivity index is 2.79. The summed E-state index contributed by atoms with van der Waals surface area (Å²) in [5, 5.41) is 0. The topological polar surface area (TPSA) is 35.2 Å². The Hall–Kier alpha value is -1.23. The summed E-state index contributed by atoms with van der Waals surface area (Å²) < 4.78 is 40.7. The van der Waals surface area contributed by atoms with Crippen LogP contribution < -0.4 is 10.5 Å². The molecule has 0 bridgehead atoms. The van der Waals surface area contributed by atoms with E-state index < -0.39 is 12.8 Å². The zero-order chi connectivity index (χ0) is 12.2. The number of hydrogen-bond acceptors (Lipinski definition) is 2. The van der Waals surface area contributed by atoms with Crippen molar-refractivity contribution in [1.29, 1.82) is 0 Å². The molecule has 5 heteroatoms. The van der Waals surface area contributed by atoms with Gasteiger partial charge < -0.3 is 10.5 Å². The van der Waals surface area contributed by atoms with Crippen molar-refractivity contribution in [3.8, 4) is 5.75 Å². The molecule has 1 aromatic carbocycles. The largest absolute Gasteiger partial charge is 0.484 e. The molecule has 0 aliphatic rings. The normalized spacial score (nSPS) is 13.6. The van der Waals surface area contributed by atoms with Crippen molar-refractivity contribution in [2.24, 2.45) is 5.73 Å². The molecule has 0 fully saturated rings. The Morgan fingerprint density at radius 1 is 1.31 bits per heavy atom. The molecule has 0 aliphatic heterocycles. The third kappa shape index (κ3) is 3.73. The lowest BCUT2D eigenvalue weighted by molar-refractivity contribution is -0.153. The van der Waals surface area contributed by atoms with Crippen LogP contribution >= 0.6 is 0 Å². The summed E-state index contributed by atoms with van der Waals surface area (Å²) in [5.41, 5.74) is 6.38. The van der Waals surface area contributed by atoms with Crippen LogP contribution in [0.1, 0.15) is 24.9 Å². The maximum absolute atomic E-state index is 12.0. The van der Waals surface area contributed by atoms with Crippen molar-refractivity contribution in [3.63, 3.8) is 0 Å². The summed E-state index contributed by atoms with van der Waals surface area (Å²) in [6, 6.07) is 6.23. The Kier molecular flexibility index (Phi) is 4.18. The van der Waals surface area contributed by atoms with Gasteiger partial charge in [-0.3, -0.25) is 0 Å². The van der Waals surface area contributed by atoms with E-state index in [0.29, 0.717) is 12.0 Å². The van der Waals surface area contributed by atoms with Crippen LogP contribution in [0.25, 0.3) is 0 Å². The average Bonchev–Trinajstić information content (AvgIpc) is 2.25. The predicted molar refractivity (Wildman–Crippen MR) is 55.2 cm³/mol. The summed E-state index contributed by atoms with van der Waals surface area (Å²) in [6.45, 7) is 0.575. The van der Waals surface area contributed by atoms with Gasteiger partial charge in [-0.2, -0.15) is 13.2 Å². The number of benzene rings is 1. The first-order valence-electron chi connectivity index (χ1n) is 4.98. The fourth-order valence-corrected chi connectivity index (χ4v) is 1.30. The third-order valence-corrected chi connectivity index (χ3v) is 2.15. The van der Waals surface area contributed by atoms with Gasteiger partial charge in [0.25, 0.3) is 0 Å². The van der Waals surface area contributed by atoms with Crippen LogP contribution in [0, 0.1) is 0 Å². The SMILES string of the molecule is CC[C@@H](N)c1ccccc1OCC(F)(F)F. The zero-order valence-electron chi connectivity index (χ0n) is 8.92. The zero-order valence-corrected chi connectivity index (χ0v) is 8.92. The smallest absolute Gasteiger partial charge is 0.422 e. The molecular weight excluding hydrogens is 219 g/mol. The molecule has 2 nitrogen and oxygen atoms in total. The molecule has 1 rings (SSSR count). The van der Waals surface area contributed by atoms with E-state index >= 15 is 0 Å². The first-order chi connectivity index (χ1) is 7.44. The van der Waals surface area contributed by atoms with Gasteiger partial charge in [0.1, 0.15) is 5.75 Å². The molecule has 0 unspecified atom stereocenters. The van der Waals surface area contributed by atoms with Crippen molar-refractivity contribution in [3.05, 3.63) is 29.8 Å². The number of hydrogen-bond donors (Lipinski definition) is 1. The van der Waals surface area contributed by atoms with Gasteiger partial charge in [-0.05, 0) is 12.5 Å². The molecule has 90 valence electrons. The first-order valence-corrected chi connectivity index (χ1v) is 4.98. The van der Waals surface area contributed by atoms with Crippen molar-refractivity contribution in [2.75, 3.05) is 6.61 Å². The molecule has 0 spiro atoms. The van der Waals surface area contributed by atoms with Crippen molar-refractivity contribution in [2.45, 2.75) is 25.6 Å². The fourth-order valence-electron chi connectivity index (χ4n) is 1.30. The Morgan fingerprint density at radius 2 is 1.94 bits per heavy atom. The minimum Gasteiger partial charge on any atom is -0.484 e. The highest BCUT2D eigenvalue weighted by atomic mass is 19.4. The van der Waals surface area contributed by atoms with E-state index in [0.717, 1.165) is 0 Å². The van der Waals surface area contributed by atoms with Crippen molar-refractivity contribution < 1.29 is 17.9 Å². The summed E-state index contributed by atoms with van der Waals surface area (Å²) in [5.74, 6) is 0.203. The molecule has 0 amide bonds. The minimum atomic E-state index is -4.33. The lowest BCUT2D eigenvalue weighted by Crippen LogP contribution is -2.20. The van der Waals surface area contributed by atoms with E-state index in [4.69, 9.17) is 10.5 Å². The average molecular weight is 233 g/mol. The van der Waals surface area contributed by atoms with Crippen LogP contribution in [0.15, 0.2) is 24.3 Å². The number of alkyl halides is 3. The van der Waals surface area contributed by atoms with Gasteiger partial charge in [0, 0.05) is 11.6 Å². The van der Waals surface area contributed by atoms with Gasteiger partial charge in [-0.25, -0.2) is 0 Å². The molecule has 2 N–H and O–H groups in total. The number of ether oxygens (including phenoxy) is 1. The third-order valence-electron chi connectivity index (χ3n) is 2.15. The molecule has 0 heterocycles. The molecule has 1 aromatic rings.